The van der Waals surface area contributed by atoms with Crippen molar-refractivity contribution in [1.82, 2.24) is 15.2 Å². The molecule has 2 heterocycles. The van der Waals surface area contributed by atoms with Gasteiger partial charge in [0.15, 0.2) is 5.82 Å². The predicted molar refractivity (Wildman–Crippen MR) is 63.0 cm³/mol. The summed E-state index contributed by atoms with van der Waals surface area (Å²) in [6.07, 6.45) is 3.47. The Kier molecular flexibility index (Phi) is 1.80. The van der Waals surface area contributed by atoms with E-state index in [2.05, 4.69) is 21.2 Å². The summed E-state index contributed by atoms with van der Waals surface area (Å²) in [7, 11) is 0. The molecule has 0 amide bonds. The minimum absolute atomic E-state index is 0.619. The number of nitrogens with one attached hydrogen (secondary N) is 1. The molecule has 0 radical (unpaired) electrons. The van der Waals surface area contributed by atoms with Gasteiger partial charge in [-0.05, 0) is 36.6 Å². The highest BCUT2D eigenvalue weighted by Gasteiger charge is 2.27. The second-order valence-electron chi connectivity index (χ2n) is 4.74. The van der Waals surface area contributed by atoms with E-state index in [1.54, 1.807) is 0 Å². The third kappa shape index (κ3) is 1.52. The summed E-state index contributed by atoms with van der Waals surface area (Å²) in [5, 5.41) is 7.34. The summed E-state index contributed by atoms with van der Waals surface area (Å²) in [4.78, 5) is 4.56. The van der Waals surface area contributed by atoms with E-state index in [1.807, 2.05) is 12.1 Å². The van der Waals surface area contributed by atoms with Crippen LogP contribution in [0.3, 0.4) is 0 Å². The zero-order valence-corrected chi connectivity index (χ0v) is 9.44. The van der Waals surface area contributed by atoms with Crippen molar-refractivity contribution >= 4 is 0 Å². The van der Waals surface area contributed by atoms with Gasteiger partial charge in [0, 0.05) is 17.9 Å². The molecule has 1 saturated carbocycles. The molecule has 1 aromatic heterocycles. The topological polar surface area (TPSA) is 50.8 Å². The number of fused-ring (bicyclic) bond motifs is 1. The van der Waals surface area contributed by atoms with E-state index in [4.69, 9.17) is 4.74 Å². The van der Waals surface area contributed by atoms with E-state index >= 15 is 0 Å². The standard InChI is InChI=1S/C13H13N3O/c1-2-8(1)12-14-13(16-15-12)10-3-4-11-9(7-10)5-6-17-11/h3-4,7-8H,1-2,5-6H2,(H,14,15,16). The fourth-order valence-corrected chi connectivity index (χ4v) is 2.27. The van der Waals surface area contributed by atoms with Crippen LogP contribution in [-0.4, -0.2) is 21.8 Å². The van der Waals surface area contributed by atoms with Crippen LogP contribution >= 0.6 is 0 Å². The molecule has 1 fully saturated rings. The molecule has 1 N–H and O–H groups in total. The molecular weight excluding hydrogens is 214 g/mol. The van der Waals surface area contributed by atoms with Gasteiger partial charge in [0.25, 0.3) is 0 Å². The van der Waals surface area contributed by atoms with Crippen LogP contribution < -0.4 is 4.74 Å². The van der Waals surface area contributed by atoms with Gasteiger partial charge in [0.2, 0.25) is 0 Å². The molecule has 4 nitrogen and oxygen atoms in total. The van der Waals surface area contributed by atoms with Crippen LogP contribution in [0.1, 0.15) is 30.1 Å². The van der Waals surface area contributed by atoms with Crippen molar-refractivity contribution in [1.29, 1.82) is 0 Å². The maximum Gasteiger partial charge on any atom is 0.181 e. The molecule has 1 aromatic carbocycles. The summed E-state index contributed by atoms with van der Waals surface area (Å²) < 4.78 is 5.49. The van der Waals surface area contributed by atoms with Crippen molar-refractivity contribution < 1.29 is 4.74 Å². The highest BCUT2D eigenvalue weighted by atomic mass is 16.5. The molecule has 0 unspecified atom stereocenters. The van der Waals surface area contributed by atoms with Gasteiger partial charge >= 0.3 is 0 Å². The van der Waals surface area contributed by atoms with Gasteiger partial charge in [-0.3, -0.25) is 5.10 Å². The number of nitrogens with zero attached hydrogens (tertiary/aromatic N) is 2. The van der Waals surface area contributed by atoms with Gasteiger partial charge in [-0.2, -0.15) is 5.10 Å². The Morgan fingerprint density at radius 1 is 1.29 bits per heavy atom. The Morgan fingerprint density at radius 2 is 2.24 bits per heavy atom. The van der Waals surface area contributed by atoms with Crippen molar-refractivity contribution in [3.05, 3.63) is 29.6 Å². The molecule has 0 atom stereocenters. The van der Waals surface area contributed by atoms with Crippen LogP contribution in [0.15, 0.2) is 18.2 Å². The van der Waals surface area contributed by atoms with E-state index in [0.717, 1.165) is 36.0 Å². The molecule has 4 rings (SSSR count). The van der Waals surface area contributed by atoms with E-state index in [-0.39, 0.29) is 0 Å². The van der Waals surface area contributed by atoms with Crippen molar-refractivity contribution in [3.8, 4) is 17.1 Å². The van der Waals surface area contributed by atoms with Crippen molar-refractivity contribution in [3.63, 3.8) is 0 Å². The van der Waals surface area contributed by atoms with Crippen molar-refractivity contribution in [2.24, 2.45) is 0 Å². The minimum atomic E-state index is 0.619. The van der Waals surface area contributed by atoms with Gasteiger partial charge in [-0.1, -0.05) is 0 Å². The summed E-state index contributed by atoms with van der Waals surface area (Å²) in [6.45, 7) is 0.792. The van der Waals surface area contributed by atoms with Crippen LogP contribution in [0, 0.1) is 0 Å². The second-order valence-corrected chi connectivity index (χ2v) is 4.74. The lowest BCUT2D eigenvalue weighted by molar-refractivity contribution is 0.357. The van der Waals surface area contributed by atoms with Gasteiger partial charge in [0.05, 0.1) is 6.61 Å². The molecule has 0 bridgehead atoms. The van der Waals surface area contributed by atoms with E-state index in [1.165, 1.54) is 18.4 Å². The summed E-state index contributed by atoms with van der Waals surface area (Å²) in [5.41, 5.74) is 2.35. The summed E-state index contributed by atoms with van der Waals surface area (Å²) >= 11 is 0. The average molecular weight is 227 g/mol. The lowest BCUT2D eigenvalue weighted by Gasteiger charge is -2.00. The molecule has 0 spiro atoms. The molecule has 1 aliphatic carbocycles. The Hall–Kier alpha value is -1.84. The second kappa shape index (κ2) is 3.32. The van der Waals surface area contributed by atoms with E-state index < -0.39 is 0 Å². The van der Waals surface area contributed by atoms with Crippen LogP contribution in [0.2, 0.25) is 0 Å². The lowest BCUT2D eigenvalue weighted by Crippen LogP contribution is -1.85. The third-order valence-electron chi connectivity index (χ3n) is 3.41. The first kappa shape index (κ1) is 9.22. The normalized spacial score (nSPS) is 17.9. The number of aromatic amines is 1. The number of hydrogen-bond acceptors (Lipinski definition) is 3. The van der Waals surface area contributed by atoms with Crippen molar-refractivity contribution in [2.75, 3.05) is 6.61 Å². The highest BCUT2D eigenvalue weighted by molar-refractivity contribution is 5.59. The Morgan fingerprint density at radius 3 is 3.12 bits per heavy atom. The Labute approximate surface area is 99.0 Å². The molecule has 86 valence electrons. The van der Waals surface area contributed by atoms with Gasteiger partial charge < -0.3 is 4.74 Å². The zero-order valence-electron chi connectivity index (χ0n) is 9.44. The fourth-order valence-electron chi connectivity index (χ4n) is 2.27. The smallest absolute Gasteiger partial charge is 0.181 e. The van der Waals surface area contributed by atoms with Gasteiger partial charge in [0.1, 0.15) is 11.6 Å². The van der Waals surface area contributed by atoms with Crippen LogP contribution in [0.4, 0.5) is 0 Å². The first-order chi connectivity index (χ1) is 8.40. The largest absolute Gasteiger partial charge is 0.493 e. The maximum atomic E-state index is 5.49. The quantitative estimate of drug-likeness (QED) is 0.856. The molecular formula is C13H13N3O. The Bertz CT molecular complexity index is 572. The number of hydrogen-bond donors (Lipinski definition) is 1. The number of ether oxygens (including phenoxy) is 1. The number of benzene rings is 1. The molecule has 2 aliphatic rings. The molecule has 1 aliphatic heterocycles. The van der Waals surface area contributed by atoms with Crippen molar-refractivity contribution in [2.45, 2.75) is 25.2 Å². The molecule has 2 aromatic rings. The van der Waals surface area contributed by atoms with Gasteiger partial charge in [-0.25, -0.2) is 4.98 Å². The Balaban J connectivity index is 1.72. The molecule has 0 saturated heterocycles. The third-order valence-corrected chi connectivity index (χ3v) is 3.41. The van der Waals surface area contributed by atoms with Crippen LogP contribution in [0.25, 0.3) is 11.4 Å². The summed E-state index contributed by atoms with van der Waals surface area (Å²) in [5.74, 6) is 3.47. The average Bonchev–Trinajstić information content (AvgIpc) is 2.93. The lowest BCUT2D eigenvalue weighted by atomic mass is 10.1. The number of aromatic nitrogens is 3. The molecule has 17 heavy (non-hydrogen) atoms. The number of H-pyrrole nitrogens is 1. The minimum Gasteiger partial charge on any atom is -0.493 e. The first-order valence-corrected chi connectivity index (χ1v) is 6.08. The summed E-state index contributed by atoms with van der Waals surface area (Å²) in [6, 6.07) is 6.19. The van der Waals surface area contributed by atoms with Crippen LogP contribution in [-0.2, 0) is 6.42 Å². The monoisotopic (exact) mass is 227 g/mol. The highest BCUT2D eigenvalue weighted by Crippen LogP contribution is 2.38. The first-order valence-electron chi connectivity index (χ1n) is 6.08. The van der Waals surface area contributed by atoms with E-state index in [0.29, 0.717) is 5.92 Å². The SMILES string of the molecule is c1cc2c(cc1-c1n[nH]c(C3CC3)n1)CCO2. The number of rotatable bonds is 2. The van der Waals surface area contributed by atoms with Gasteiger partial charge in [-0.15, -0.1) is 0 Å². The predicted octanol–water partition coefficient (Wildman–Crippen LogP) is 2.28. The van der Waals surface area contributed by atoms with E-state index in [9.17, 15) is 0 Å². The fraction of sp³-hybridized carbons (Fsp3) is 0.385. The maximum absolute atomic E-state index is 5.49. The van der Waals surface area contributed by atoms with Crippen LogP contribution in [0.5, 0.6) is 5.75 Å². The molecule has 4 heteroatoms. The zero-order chi connectivity index (χ0) is 11.2.